The van der Waals surface area contributed by atoms with Crippen molar-refractivity contribution in [1.82, 2.24) is 0 Å². The summed E-state index contributed by atoms with van der Waals surface area (Å²) in [6, 6.07) is 33.1. The molecule has 7 heteroatoms. The summed E-state index contributed by atoms with van der Waals surface area (Å²) in [4.78, 5) is 0. The van der Waals surface area contributed by atoms with Crippen LogP contribution >= 0.6 is 0 Å². The van der Waals surface area contributed by atoms with Gasteiger partial charge in [0.2, 0.25) is 0 Å². The molecule has 0 atom stereocenters. The standard InChI is InChI=1S/C30H34B2N2O3/c1-23-3-5-24(6-4-23)25-7-9-27(10-8-25)32(36-22-20-34)28-13-17-30(18-14-28)37-29-15-11-26(12-16-29)31(2)35-21-19-33/h3-18H,19-22,33-34H2,1-2H3. The van der Waals surface area contributed by atoms with Gasteiger partial charge >= 0.3 is 13.8 Å². The second-order valence-electron chi connectivity index (χ2n) is 9.07. The van der Waals surface area contributed by atoms with Crippen LogP contribution in [0.4, 0.5) is 0 Å². The molecule has 37 heavy (non-hydrogen) atoms. The molecular formula is C30H34B2N2O3. The van der Waals surface area contributed by atoms with Crippen molar-refractivity contribution in [3.8, 4) is 22.6 Å². The first-order valence-electron chi connectivity index (χ1n) is 12.8. The molecule has 0 spiro atoms. The molecule has 0 bridgehead atoms. The van der Waals surface area contributed by atoms with Gasteiger partial charge in [-0.15, -0.1) is 0 Å². The maximum absolute atomic E-state index is 6.16. The van der Waals surface area contributed by atoms with Crippen LogP contribution in [0.25, 0.3) is 11.1 Å². The largest absolute Gasteiger partial charge is 0.457 e. The number of rotatable bonds is 12. The van der Waals surface area contributed by atoms with Crippen molar-refractivity contribution in [3.63, 3.8) is 0 Å². The summed E-state index contributed by atoms with van der Waals surface area (Å²) in [6.07, 6.45) is 0. The average Bonchev–Trinajstić information content (AvgIpc) is 2.94. The molecule has 0 aliphatic heterocycles. The third kappa shape index (κ3) is 7.34. The van der Waals surface area contributed by atoms with Crippen molar-refractivity contribution >= 4 is 30.2 Å². The van der Waals surface area contributed by atoms with Crippen LogP contribution in [0, 0.1) is 6.92 Å². The van der Waals surface area contributed by atoms with Crippen molar-refractivity contribution in [2.24, 2.45) is 11.5 Å². The lowest BCUT2D eigenvalue weighted by Crippen LogP contribution is -2.45. The lowest BCUT2D eigenvalue weighted by Gasteiger charge is -2.16. The maximum atomic E-state index is 6.16. The minimum absolute atomic E-state index is 0.00621. The minimum atomic E-state index is -0.209. The van der Waals surface area contributed by atoms with Crippen LogP contribution in [0.1, 0.15) is 5.56 Å². The van der Waals surface area contributed by atoms with Gasteiger partial charge in [-0.05, 0) is 58.7 Å². The fourth-order valence-electron chi connectivity index (χ4n) is 4.16. The summed E-state index contributed by atoms with van der Waals surface area (Å²) >= 11 is 0. The van der Waals surface area contributed by atoms with Crippen LogP contribution in [-0.2, 0) is 9.31 Å². The Hall–Kier alpha value is -3.35. The van der Waals surface area contributed by atoms with Gasteiger partial charge < -0.3 is 25.5 Å². The zero-order chi connectivity index (χ0) is 26.0. The van der Waals surface area contributed by atoms with Crippen LogP contribution < -0.4 is 32.6 Å². The molecule has 0 aliphatic carbocycles. The molecule has 0 amide bonds. The van der Waals surface area contributed by atoms with Gasteiger partial charge in [-0.25, -0.2) is 0 Å². The maximum Gasteiger partial charge on any atom is 0.361 e. The Balaban J connectivity index is 1.46. The molecule has 4 aromatic rings. The minimum Gasteiger partial charge on any atom is -0.457 e. The van der Waals surface area contributed by atoms with Crippen LogP contribution in [0.5, 0.6) is 11.5 Å². The van der Waals surface area contributed by atoms with Gasteiger partial charge in [0.05, 0.1) is 0 Å². The first-order chi connectivity index (χ1) is 18.1. The number of nitrogens with two attached hydrogens (primary N) is 2. The van der Waals surface area contributed by atoms with E-state index in [-0.39, 0.29) is 13.8 Å². The zero-order valence-corrected chi connectivity index (χ0v) is 21.6. The third-order valence-corrected chi connectivity index (χ3v) is 6.25. The van der Waals surface area contributed by atoms with Gasteiger partial charge in [0.1, 0.15) is 11.5 Å². The van der Waals surface area contributed by atoms with Crippen LogP contribution in [-0.4, -0.2) is 40.1 Å². The summed E-state index contributed by atoms with van der Waals surface area (Å²) in [6.45, 7) is 5.89. The van der Waals surface area contributed by atoms with Crippen LogP contribution in [0.3, 0.4) is 0 Å². The second-order valence-corrected chi connectivity index (χ2v) is 9.07. The molecule has 4 N–H and O–H groups in total. The second kappa shape index (κ2) is 13.3. The molecule has 188 valence electrons. The van der Waals surface area contributed by atoms with Crippen molar-refractivity contribution < 1.29 is 14.0 Å². The number of hydrogen-bond donors (Lipinski definition) is 2. The number of aryl methyl sites for hydroxylation is 1. The van der Waals surface area contributed by atoms with E-state index in [2.05, 4.69) is 55.5 Å². The highest BCUT2D eigenvalue weighted by atomic mass is 16.5. The molecule has 0 aromatic heterocycles. The molecular weight excluding hydrogens is 458 g/mol. The Bertz CT molecular complexity index is 1230. The molecule has 0 fully saturated rings. The number of benzene rings is 4. The Morgan fingerprint density at radius 3 is 1.51 bits per heavy atom. The summed E-state index contributed by atoms with van der Waals surface area (Å²) in [5.41, 5.74) is 18.1. The van der Waals surface area contributed by atoms with Gasteiger partial charge in [0.15, 0.2) is 0 Å². The highest BCUT2D eigenvalue weighted by Crippen LogP contribution is 2.21. The molecule has 4 aromatic carbocycles. The predicted octanol–water partition coefficient (Wildman–Crippen LogP) is 3.34. The van der Waals surface area contributed by atoms with E-state index in [0.29, 0.717) is 26.3 Å². The van der Waals surface area contributed by atoms with Gasteiger partial charge in [0, 0.05) is 26.3 Å². The summed E-state index contributed by atoms with van der Waals surface area (Å²) in [7, 11) is 0. The number of hydrogen-bond acceptors (Lipinski definition) is 5. The fraction of sp³-hybridized carbons (Fsp3) is 0.200. The van der Waals surface area contributed by atoms with E-state index in [1.165, 1.54) is 16.7 Å². The van der Waals surface area contributed by atoms with Crippen LogP contribution in [0.15, 0.2) is 97.1 Å². The lowest BCUT2D eigenvalue weighted by molar-refractivity contribution is 0.341. The monoisotopic (exact) mass is 492 g/mol. The Morgan fingerprint density at radius 1 is 0.568 bits per heavy atom. The Labute approximate surface area is 221 Å². The van der Waals surface area contributed by atoms with E-state index in [4.69, 9.17) is 25.5 Å². The molecule has 0 heterocycles. The first kappa shape index (κ1) is 26.7. The van der Waals surface area contributed by atoms with Crippen molar-refractivity contribution in [2.45, 2.75) is 13.7 Å². The quantitative estimate of drug-likeness (QED) is 0.297. The SMILES string of the molecule is CB(OCCN)c1ccc(Oc2ccc(B(OCCN)c3ccc(-c4ccc(C)cc4)cc3)cc2)cc1. The fourth-order valence-corrected chi connectivity index (χ4v) is 4.16. The van der Waals surface area contributed by atoms with Crippen molar-refractivity contribution in [2.75, 3.05) is 26.3 Å². The molecule has 4 rings (SSSR count). The third-order valence-electron chi connectivity index (χ3n) is 6.25. The summed E-state index contributed by atoms with van der Waals surface area (Å²) in [5, 5.41) is 0. The van der Waals surface area contributed by atoms with Gasteiger partial charge in [-0.1, -0.05) is 85.2 Å². The smallest absolute Gasteiger partial charge is 0.361 e. The number of ether oxygens (including phenoxy) is 1. The molecule has 0 unspecified atom stereocenters. The van der Waals surface area contributed by atoms with E-state index in [1.807, 2.05) is 55.4 Å². The average molecular weight is 492 g/mol. The Morgan fingerprint density at radius 2 is 1.00 bits per heavy atom. The predicted molar refractivity (Wildman–Crippen MR) is 156 cm³/mol. The van der Waals surface area contributed by atoms with Gasteiger partial charge in [0.25, 0.3) is 0 Å². The van der Waals surface area contributed by atoms with E-state index in [9.17, 15) is 0 Å². The molecule has 0 radical (unpaired) electrons. The van der Waals surface area contributed by atoms with Gasteiger partial charge in [-0.3, -0.25) is 0 Å². The van der Waals surface area contributed by atoms with E-state index in [1.54, 1.807) is 0 Å². The normalized spacial score (nSPS) is 10.8. The molecule has 0 aliphatic rings. The zero-order valence-electron chi connectivity index (χ0n) is 21.6. The van der Waals surface area contributed by atoms with Crippen LogP contribution in [0.2, 0.25) is 6.82 Å². The van der Waals surface area contributed by atoms with E-state index in [0.717, 1.165) is 27.9 Å². The van der Waals surface area contributed by atoms with Gasteiger partial charge in [-0.2, -0.15) is 0 Å². The molecule has 0 saturated heterocycles. The van der Waals surface area contributed by atoms with E-state index < -0.39 is 0 Å². The van der Waals surface area contributed by atoms with E-state index >= 15 is 0 Å². The summed E-state index contributed by atoms with van der Waals surface area (Å²) in [5.74, 6) is 1.53. The molecule has 0 saturated carbocycles. The highest BCUT2D eigenvalue weighted by molar-refractivity contribution is 6.80. The first-order valence-corrected chi connectivity index (χ1v) is 12.8. The Kier molecular flexibility index (Phi) is 9.58. The highest BCUT2D eigenvalue weighted by Gasteiger charge is 2.21. The lowest BCUT2D eigenvalue weighted by atomic mass is 9.55. The summed E-state index contributed by atoms with van der Waals surface area (Å²) < 4.78 is 17.9. The van der Waals surface area contributed by atoms with Crippen molar-refractivity contribution in [1.29, 1.82) is 0 Å². The topological polar surface area (TPSA) is 79.7 Å². The molecule has 5 nitrogen and oxygen atoms in total. The van der Waals surface area contributed by atoms with Crippen molar-refractivity contribution in [3.05, 3.63) is 103 Å².